The Morgan fingerprint density at radius 2 is 1.11 bits per heavy atom. The molecule has 18 heavy (non-hydrogen) atoms. The Hall–Kier alpha value is -0.160. The van der Waals surface area contributed by atoms with E-state index in [1.807, 2.05) is 0 Å². The third-order valence-electron chi connectivity index (χ3n) is 2.26. The van der Waals surface area contributed by atoms with Gasteiger partial charge in [0, 0.05) is 13.2 Å². The molecule has 0 aliphatic carbocycles. The first-order valence-corrected chi connectivity index (χ1v) is 7.20. The van der Waals surface area contributed by atoms with Gasteiger partial charge in [0.1, 0.15) is 0 Å². The Labute approximate surface area is 112 Å². The van der Waals surface area contributed by atoms with Gasteiger partial charge in [-0.1, -0.05) is 39.5 Å². The van der Waals surface area contributed by atoms with E-state index in [4.69, 9.17) is 19.7 Å². The maximum atomic E-state index is 7.62. The molecule has 0 radical (unpaired) electrons. The molecule has 0 saturated heterocycles. The first-order valence-electron chi connectivity index (χ1n) is 7.20. The molecule has 0 aliphatic heterocycles. The molecule has 4 nitrogen and oxygen atoms in total. The van der Waals surface area contributed by atoms with Crippen molar-refractivity contribution in [2.45, 2.75) is 52.4 Å². The van der Waals surface area contributed by atoms with Crippen LogP contribution in [0.4, 0.5) is 0 Å². The van der Waals surface area contributed by atoms with Gasteiger partial charge in [0.05, 0.1) is 26.4 Å². The minimum atomic E-state index is -0.125. The summed E-state index contributed by atoms with van der Waals surface area (Å²) in [5, 5.41) is 15.2. The Bertz CT molecular complexity index is 106. The van der Waals surface area contributed by atoms with Crippen molar-refractivity contribution in [2.75, 3.05) is 39.6 Å². The molecule has 0 heterocycles. The zero-order valence-corrected chi connectivity index (χ0v) is 12.2. The molecule has 0 rings (SSSR count). The predicted molar refractivity (Wildman–Crippen MR) is 74.9 cm³/mol. The number of rotatable bonds is 12. The average molecular weight is 264 g/mol. The standard InChI is InChI=1S/C12H26O2.C2H6O2/c1-3-5-7-8-10-14-12-11-13-9-6-4-2;3-1-2-4/h3-12H2,1-2H3;3-4H,1-2H2. The van der Waals surface area contributed by atoms with Crippen molar-refractivity contribution < 1.29 is 19.7 Å². The van der Waals surface area contributed by atoms with Crippen LogP contribution in [0.3, 0.4) is 0 Å². The summed E-state index contributed by atoms with van der Waals surface area (Å²) in [6.07, 6.45) is 7.49. The van der Waals surface area contributed by atoms with Gasteiger partial charge in [0.2, 0.25) is 0 Å². The second kappa shape index (κ2) is 22.1. The van der Waals surface area contributed by atoms with Crippen molar-refractivity contribution in [3.63, 3.8) is 0 Å². The van der Waals surface area contributed by atoms with Crippen LogP contribution in [0.15, 0.2) is 0 Å². The number of hydrogen-bond acceptors (Lipinski definition) is 4. The third-order valence-corrected chi connectivity index (χ3v) is 2.26. The molecule has 4 heteroatoms. The first-order chi connectivity index (χ1) is 8.83. The maximum Gasteiger partial charge on any atom is 0.0700 e. The molecule has 112 valence electrons. The van der Waals surface area contributed by atoms with Gasteiger partial charge in [0.25, 0.3) is 0 Å². The Kier molecular flexibility index (Phi) is 24.7. The van der Waals surface area contributed by atoms with Gasteiger partial charge in [-0.25, -0.2) is 0 Å². The van der Waals surface area contributed by atoms with Crippen molar-refractivity contribution in [3.8, 4) is 0 Å². The molecule has 0 fully saturated rings. The summed E-state index contributed by atoms with van der Waals surface area (Å²) in [4.78, 5) is 0. The lowest BCUT2D eigenvalue weighted by Crippen LogP contribution is -2.06. The van der Waals surface area contributed by atoms with Crippen molar-refractivity contribution in [1.82, 2.24) is 0 Å². The van der Waals surface area contributed by atoms with Crippen LogP contribution in [0.2, 0.25) is 0 Å². The number of unbranched alkanes of at least 4 members (excludes halogenated alkanes) is 4. The molecule has 0 unspecified atom stereocenters. The highest BCUT2D eigenvalue weighted by molar-refractivity contribution is 4.39. The van der Waals surface area contributed by atoms with E-state index in [9.17, 15) is 0 Å². The monoisotopic (exact) mass is 264 g/mol. The second-order valence-corrected chi connectivity index (χ2v) is 4.09. The highest BCUT2D eigenvalue weighted by Gasteiger charge is 1.90. The van der Waals surface area contributed by atoms with Crippen molar-refractivity contribution in [2.24, 2.45) is 0 Å². The molecule has 0 spiro atoms. The van der Waals surface area contributed by atoms with Crippen LogP contribution >= 0.6 is 0 Å². The average Bonchev–Trinajstić information content (AvgIpc) is 2.41. The fourth-order valence-corrected chi connectivity index (χ4v) is 1.20. The molecule has 0 aliphatic rings. The quantitative estimate of drug-likeness (QED) is 0.531. The van der Waals surface area contributed by atoms with Crippen molar-refractivity contribution in [1.29, 1.82) is 0 Å². The van der Waals surface area contributed by atoms with E-state index in [-0.39, 0.29) is 13.2 Å². The van der Waals surface area contributed by atoms with Crippen LogP contribution in [-0.2, 0) is 9.47 Å². The molecular weight excluding hydrogens is 232 g/mol. The van der Waals surface area contributed by atoms with E-state index in [1.54, 1.807) is 0 Å². The summed E-state index contributed by atoms with van der Waals surface area (Å²) in [5.74, 6) is 0. The zero-order chi connectivity index (χ0) is 13.9. The van der Waals surface area contributed by atoms with E-state index < -0.39 is 0 Å². The Morgan fingerprint density at radius 1 is 0.611 bits per heavy atom. The smallest absolute Gasteiger partial charge is 0.0700 e. The van der Waals surface area contributed by atoms with Gasteiger partial charge in [0.15, 0.2) is 0 Å². The fraction of sp³-hybridized carbons (Fsp3) is 1.00. The zero-order valence-electron chi connectivity index (χ0n) is 12.2. The summed E-state index contributed by atoms with van der Waals surface area (Å²) in [6.45, 7) is 7.45. The Balaban J connectivity index is 0. The molecule has 0 aromatic rings. The van der Waals surface area contributed by atoms with Crippen molar-refractivity contribution in [3.05, 3.63) is 0 Å². The second-order valence-electron chi connectivity index (χ2n) is 4.09. The fourth-order valence-electron chi connectivity index (χ4n) is 1.20. The van der Waals surface area contributed by atoms with Gasteiger partial charge in [-0.05, 0) is 12.8 Å². The SMILES string of the molecule is CCCCCCOCCOCCCC.OCCO. The third kappa shape index (κ3) is 24.9. The normalized spacial score (nSPS) is 10.0. The van der Waals surface area contributed by atoms with E-state index in [0.29, 0.717) is 0 Å². The van der Waals surface area contributed by atoms with Gasteiger partial charge < -0.3 is 19.7 Å². The summed E-state index contributed by atoms with van der Waals surface area (Å²) in [5.41, 5.74) is 0. The summed E-state index contributed by atoms with van der Waals surface area (Å²) >= 11 is 0. The summed E-state index contributed by atoms with van der Waals surface area (Å²) < 4.78 is 10.8. The van der Waals surface area contributed by atoms with Gasteiger partial charge in [-0.3, -0.25) is 0 Å². The number of aliphatic hydroxyl groups is 2. The molecule has 0 saturated carbocycles. The molecule has 2 N–H and O–H groups in total. The van der Waals surface area contributed by atoms with Gasteiger partial charge >= 0.3 is 0 Å². The van der Waals surface area contributed by atoms with E-state index in [2.05, 4.69) is 13.8 Å². The largest absolute Gasteiger partial charge is 0.394 e. The van der Waals surface area contributed by atoms with Crippen LogP contribution in [0.5, 0.6) is 0 Å². The lowest BCUT2D eigenvalue weighted by atomic mass is 10.2. The minimum Gasteiger partial charge on any atom is -0.394 e. The van der Waals surface area contributed by atoms with E-state index >= 15 is 0 Å². The Morgan fingerprint density at radius 3 is 1.56 bits per heavy atom. The maximum absolute atomic E-state index is 7.62. The summed E-state index contributed by atoms with van der Waals surface area (Å²) in [7, 11) is 0. The lowest BCUT2D eigenvalue weighted by Gasteiger charge is -2.04. The molecular formula is C14H32O4. The van der Waals surface area contributed by atoms with Crippen LogP contribution in [0, 0.1) is 0 Å². The van der Waals surface area contributed by atoms with Crippen LogP contribution < -0.4 is 0 Å². The minimum absolute atomic E-state index is 0.125. The molecule has 0 amide bonds. The van der Waals surface area contributed by atoms with E-state index in [0.717, 1.165) is 32.8 Å². The molecule has 0 aromatic carbocycles. The van der Waals surface area contributed by atoms with Gasteiger partial charge in [-0.15, -0.1) is 0 Å². The topological polar surface area (TPSA) is 58.9 Å². The number of aliphatic hydroxyl groups excluding tert-OH is 2. The highest BCUT2D eigenvalue weighted by atomic mass is 16.5. The molecule has 0 bridgehead atoms. The van der Waals surface area contributed by atoms with Crippen molar-refractivity contribution >= 4 is 0 Å². The number of ether oxygens (including phenoxy) is 2. The van der Waals surface area contributed by atoms with Crippen LogP contribution in [0.25, 0.3) is 0 Å². The van der Waals surface area contributed by atoms with Crippen LogP contribution in [-0.4, -0.2) is 49.9 Å². The molecule has 0 aromatic heterocycles. The highest BCUT2D eigenvalue weighted by Crippen LogP contribution is 1.98. The predicted octanol–water partition coefficient (Wildman–Crippen LogP) is 2.37. The number of hydrogen-bond donors (Lipinski definition) is 2. The van der Waals surface area contributed by atoms with Crippen LogP contribution in [0.1, 0.15) is 52.4 Å². The first kappa shape index (κ1) is 20.2. The molecule has 0 atom stereocenters. The lowest BCUT2D eigenvalue weighted by molar-refractivity contribution is 0.0453. The van der Waals surface area contributed by atoms with E-state index in [1.165, 1.54) is 32.1 Å². The summed E-state index contributed by atoms with van der Waals surface area (Å²) in [6, 6.07) is 0. The van der Waals surface area contributed by atoms with Gasteiger partial charge in [-0.2, -0.15) is 0 Å².